The second-order valence-electron chi connectivity index (χ2n) is 6.00. The summed E-state index contributed by atoms with van der Waals surface area (Å²) in [6.45, 7) is 2.09. The van der Waals surface area contributed by atoms with Crippen LogP contribution in [0.15, 0.2) is 53.6 Å². The quantitative estimate of drug-likeness (QED) is 0.643. The van der Waals surface area contributed by atoms with Crippen LogP contribution in [0.5, 0.6) is 5.75 Å². The van der Waals surface area contributed by atoms with E-state index in [2.05, 4.69) is 27.6 Å². The summed E-state index contributed by atoms with van der Waals surface area (Å²) in [6, 6.07) is 16.7. The maximum Gasteiger partial charge on any atom is 0.277 e. The van der Waals surface area contributed by atoms with Gasteiger partial charge in [0.1, 0.15) is 5.75 Å². The van der Waals surface area contributed by atoms with E-state index >= 15 is 0 Å². The number of anilines is 1. The first kappa shape index (κ1) is 17.5. The van der Waals surface area contributed by atoms with Crippen LogP contribution in [0, 0.1) is 11.3 Å². The van der Waals surface area contributed by atoms with Crippen molar-refractivity contribution in [3.05, 3.63) is 59.7 Å². The lowest BCUT2D eigenvalue weighted by atomic mass is 10.2. The third-order valence-electron chi connectivity index (χ3n) is 4.12. The fourth-order valence-corrected chi connectivity index (χ4v) is 2.73. The molecule has 1 heterocycles. The van der Waals surface area contributed by atoms with Gasteiger partial charge in [-0.1, -0.05) is 12.1 Å². The summed E-state index contributed by atoms with van der Waals surface area (Å²) in [5.41, 5.74) is 5.12. The molecule has 0 bridgehead atoms. The third kappa shape index (κ3) is 4.84. The molecule has 26 heavy (non-hydrogen) atoms. The van der Waals surface area contributed by atoms with Crippen LogP contribution in [0.25, 0.3) is 0 Å². The van der Waals surface area contributed by atoms with Gasteiger partial charge >= 0.3 is 0 Å². The molecule has 1 fully saturated rings. The first-order valence-electron chi connectivity index (χ1n) is 8.54. The second kappa shape index (κ2) is 8.67. The lowest BCUT2D eigenvalue weighted by Crippen LogP contribution is -2.24. The number of hydrazone groups is 1. The Bertz CT molecular complexity index is 801. The van der Waals surface area contributed by atoms with Crippen molar-refractivity contribution in [3.8, 4) is 11.8 Å². The minimum absolute atomic E-state index is 0.142. The van der Waals surface area contributed by atoms with Crippen LogP contribution in [0.1, 0.15) is 24.0 Å². The van der Waals surface area contributed by atoms with E-state index in [0.29, 0.717) is 11.3 Å². The van der Waals surface area contributed by atoms with Gasteiger partial charge in [0.05, 0.1) is 17.8 Å². The van der Waals surface area contributed by atoms with Crippen LogP contribution >= 0.6 is 0 Å². The van der Waals surface area contributed by atoms with E-state index < -0.39 is 0 Å². The first-order valence-corrected chi connectivity index (χ1v) is 8.54. The molecule has 0 saturated carbocycles. The van der Waals surface area contributed by atoms with E-state index in [0.717, 1.165) is 18.7 Å². The van der Waals surface area contributed by atoms with Crippen LogP contribution in [0.3, 0.4) is 0 Å². The standard InChI is InChI=1S/C20H20N4O2/c21-13-16-5-9-19(10-6-16)26-15-20(25)23-22-14-17-3-7-18(8-4-17)24-11-1-2-12-24/h3-10,14H,1-2,11-12,15H2,(H,23,25)/b22-14+. The molecule has 2 aromatic carbocycles. The molecular weight excluding hydrogens is 328 g/mol. The Balaban J connectivity index is 1.43. The molecule has 2 aromatic rings. The monoisotopic (exact) mass is 348 g/mol. The highest BCUT2D eigenvalue weighted by Crippen LogP contribution is 2.19. The topological polar surface area (TPSA) is 77.7 Å². The molecule has 1 aliphatic heterocycles. The zero-order valence-corrected chi connectivity index (χ0v) is 14.4. The Hall–Kier alpha value is -3.33. The highest BCUT2D eigenvalue weighted by molar-refractivity contribution is 5.83. The van der Waals surface area contributed by atoms with Crippen LogP contribution in [0.4, 0.5) is 5.69 Å². The number of benzene rings is 2. The van der Waals surface area contributed by atoms with Crippen molar-refractivity contribution in [1.29, 1.82) is 5.26 Å². The van der Waals surface area contributed by atoms with E-state index in [1.54, 1.807) is 30.5 Å². The number of hydrogen-bond acceptors (Lipinski definition) is 5. The molecule has 0 aromatic heterocycles. The van der Waals surface area contributed by atoms with Crippen LogP contribution < -0.4 is 15.1 Å². The van der Waals surface area contributed by atoms with Gasteiger partial charge in [0.15, 0.2) is 6.61 Å². The summed E-state index contributed by atoms with van der Waals surface area (Å²) in [4.78, 5) is 14.1. The molecule has 6 nitrogen and oxygen atoms in total. The number of nitriles is 1. The van der Waals surface area contributed by atoms with Gasteiger partial charge in [0, 0.05) is 18.8 Å². The highest BCUT2D eigenvalue weighted by Gasteiger charge is 2.11. The fourth-order valence-electron chi connectivity index (χ4n) is 2.73. The summed E-state index contributed by atoms with van der Waals surface area (Å²) in [7, 11) is 0. The van der Waals surface area contributed by atoms with Crippen molar-refractivity contribution in [2.45, 2.75) is 12.8 Å². The number of nitrogens with zero attached hydrogens (tertiary/aromatic N) is 3. The second-order valence-corrected chi connectivity index (χ2v) is 6.00. The maximum absolute atomic E-state index is 11.7. The Kier molecular flexibility index (Phi) is 5.84. The molecule has 3 rings (SSSR count). The van der Waals surface area contributed by atoms with Crippen molar-refractivity contribution >= 4 is 17.8 Å². The normalized spacial score (nSPS) is 13.6. The number of carbonyl (C=O) groups excluding carboxylic acids is 1. The summed E-state index contributed by atoms with van der Waals surface area (Å²) >= 11 is 0. The zero-order valence-electron chi connectivity index (χ0n) is 14.4. The van der Waals surface area contributed by atoms with E-state index in [-0.39, 0.29) is 12.5 Å². The van der Waals surface area contributed by atoms with Gasteiger partial charge in [-0.2, -0.15) is 10.4 Å². The molecule has 1 saturated heterocycles. The zero-order chi connectivity index (χ0) is 18.2. The van der Waals surface area contributed by atoms with Crippen LogP contribution in [0.2, 0.25) is 0 Å². The van der Waals surface area contributed by atoms with Gasteiger partial charge in [0.25, 0.3) is 5.91 Å². The van der Waals surface area contributed by atoms with Crippen molar-refractivity contribution in [3.63, 3.8) is 0 Å². The van der Waals surface area contributed by atoms with E-state index in [1.165, 1.54) is 18.5 Å². The number of amides is 1. The molecule has 132 valence electrons. The van der Waals surface area contributed by atoms with E-state index in [4.69, 9.17) is 10.00 Å². The Morgan fingerprint density at radius 2 is 1.85 bits per heavy atom. The Labute approximate surface area is 152 Å². The summed E-state index contributed by atoms with van der Waals surface area (Å²) in [5, 5.41) is 12.7. The number of rotatable bonds is 6. The maximum atomic E-state index is 11.7. The van der Waals surface area contributed by atoms with E-state index in [1.807, 2.05) is 18.2 Å². The molecule has 0 atom stereocenters. The fraction of sp³-hybridized carbons (Fsp3) is 0.250. The molecule has 0 unspecified atom stereocenters. The molecular formula is C20H20N4O2. The summed E-state index contributed by atoms with van der Waals surface area (Å²) < 4.78 is 5.34. The number of nitrogens with one attached hydrogen (secondary N) is 1. The average molecular weight is 348 g/mol. The minimum atomic E-state index is -0.348. The van der Waals surface area contributed by atoms with Crippen molar-refractivity contribution in [2.24, 2.45) is 5.10 Å². The van der Waals surface area contributed by atoms with Crippen LogP contribution in [-0.2, 0) is 4.79 Å². The predicted molar refractivity (Wildman–Crippen MR) is 100 cm³/mol. The predicted octanol–water partition coefficient (Wildman–Crippen LogP) is 2.69. The molecule has 1 N–H and O–H groups in total. The van der Waals surface area contributed by atoms with E-state index in [9.17, 15) is 4.79 Å². The smallest absolute Gasteiger partial charge is 0.277 e. The Morgan fingerprint density at radius 1 is 1.15 bits per heavy atom. The van der Waals surface area contributed by atoms with Crippen molar-refractivity contribution < 1.29 is 9.53 Å². The minimum Gasteiger partial charge on any atom is -0.484 e. The van der Waals surface area contributed by atoms with Crippen molar-refractivity contribution in [2.75, 3.05) is 24.6 Å². The first-order chi connectivity index (χ1) is 12.7. The molecule has 6 heteroatoms. The highest BCUT2D eigenvalue weighted by atomic mass is 16.5. The number of carbonyl (C=O) groups is 1. The van der Waals surface area contributed by atoms with Gasteiger partial charge in [-0.25, -0.2) is 5.43 Å². The summed E-state index contributed by atoms with van der Waals surface area (Å²) in [6.07, 6.45) is 4.10. The number of hydrogen-bond donors (Lipinski definition) is 1. The molecule has 0 spiro atoms. The SMILES string of the molecule is N#Cc1ccc(OCC(=O)N/N=C/c2ccc(N3CCCC3)cc2)cc1. The van der Waals surface area contributed by atoms with Gasteiger partial charge < -0.3 is 9.64 Å². The summed E-state index contributed by atoms with van der Waals surface area (Å²) in [5.74, 6) is 0.180. The van der Waals surface area contributed by atoms with Crippen LogP contribution in [-0.4, -0.2) is 31.8 Å². The van der Waals surface area contributed by atoms with Gasteiger partial charge in [-0.3, -0.25) is 4.79 Å². The lowest BCUT2D eigenvalue weighted by molar-refractivity contribution is -0.123. The molecule has 0 aliphatic carbocycles. The third-order valence-corrected chi connectivity index (χ3v) is 4.12. The van der Waals surface area contributed by atoms with Gasteiger partial charge in [-0.15, -0.1) is 0 Å². The Morgan fingerprint density at radius 3 is 2.50 bits per heavy atom. The lowest BCUT2D eigenvalue weighted by Gasteiger charge is -2.17. The van der Waals surface area contributed by atoms with Gasteiger partial charge in [0.2, 0.25) is 0 Å². The molecule has 1 amide bonds. The largest absolute Gasteiger partial charge is 0.484 e. The molecule has 1 aliphatic rings. The number of ether oxygens (including phenoxy) is 1. The van der Waals surface area contributed by atoms with Gasteiger partial charge in [-0.05, 0) is 54.8 Å². The van der Waals surface area contributed by atoms with Crippen molar-refractivity contribution in [1.82, 2.24) is 5.43 Å². The average Bonchev–Trinajstić information content (AvgIpc) is 3.22. The molecule has 0 radical (unpaired) electrons.